The number of unbranched alkanes of at least 4 members (excludes halogenated alkanes) is 3. The van der Waals surface area contributed by atoms with Gasteiger partial charge in [0.2, 0.25) is 0 Å². The molecule has 4 heteroatoms. The first kappa shape index (κ1) is 21.7. The van der Waals surface area contributed by atoms with Crippen LogP contribution in [0.4, 0.5) is 0 Å². The lowest BCUT2D eigenvalue weighted by Crippen LogP contribution is -1.99. The Hall–Kier alpha value is -0.610. The molecule has 0 fully saturated rings. The van der Waals surface area contributed by atoms with E-state index < -0.39 is 5.97 Å². The number of hydrogen-bond donors (Lipinski definition) is 3. The highest BCUT2D eigenvalue weighted by Crippen LogP contribution is 2.10. The first-order chi connectivity index (χ1) is 9.43. The molecule has 0 aromatic rings. The lowest BCUT2D eigenvalue weighted by molar-refractivity contribution is -0.137. The number of hydrogen-bond acceptors (Lipinski definition) is 3. The van der Waals surface area contributed by atoms with Crippen molar-refractivity contribution in [3.8, 4) is 0 Å². The minimum absolute atomic E-state index is 0.237. The van der Waals surface area contributed by atoms with E-state index in [4.69, 9.17) is 15.3 Å². The second-order valence-electron chi connectivity index (χ2n) is 5.87. The van der Waals surface area contributed by atoms with E-state index in [0.717, 1.165) is 31.6 Å². The van der Waals surface area contributed by atoms with Gasteiger partial charge in [0.1, 0.15) is 0 Å². The van der Waals surface area contributed by atoms with E-state index in [1.54, 1.807) is 0 Å². The first-order valence-electron chi connectivity index (χ1n) is 7.87. The fraction of sp³-hybridized carbons (Fsp3) is 0.938. The Morgan fingerprint density at radius 2 is 1.35 bits per heavy atom. The lowest BCUT2D eigenvalue weighted by atomic mass is 10.0. The van der Waals surface area contributed by atoms with Gasteiger partial charge in [-0.1, -0.05) is 46.5 Å². The molecule has 0 heterocycles. The summed E-state index contributed by atoms with van der Waals surface area (Å²) < 4.78 is 0. The Kier molecular flexibility index (Phi) is 17.8. The Morgan fingerprint density at radius 3 is 1.75 bits per heavy atom. The van der Waals surface area contributed by atoms with Crippen molar-refractivity contribution in [2.45, 2.75) is 72.1 Å². The molecule has 0 amide bonds. The summed E-state index contributed by atoms with van der Waals surface area (Å²) in [7, 11) is 0. The third kappa shape index (κ3) is 22.6. The fourth-order valence-electron chi connectivity index (χ4n) is 1.77. The van der Waals surface area contributed by atoms with Crippen LogP contribution in [0.15, 0.2) is 0 Å². The van der Waals surface area contributed by atoms with Crippen molar-refractivity contribution in [1.29, 1.82) is 0 Å². The molecule has 0 rings (SSSR count). The predicted octanol–water partition coefficient (Wildman–Crippen LogP) is 3.45. The predicted molar refractivity (Wildman–Crippen MR) is 82.7 cm³/mol. The van der Waals surface area contributed by atoms with Crippen molar-refractivity contribution in [3.63, 3.8) is 0 Å². The molecule has 0 aliphatic heterocycles. The van der Waals surface area contributed by atoms with Gasteiger partial charge in [0, 0.05) is 19.6 Å². The number of aliphatic hydroxyl groups excluding tert-OH is 2. The van der Waals surface area contributed by atoms with Gasteiger partial charge in [-0.05, 0) is 31.1 Å². The molecule has 0 aromatic heterocycles. The topological polar surface area (TPSA) is 77.8 Å². The molecule has 0 spiro atoms. The van der Waals surface area contributed by atoms with Gasteiger partial charge in [-0.2, -0.15) is 0 Å². The molecule has 0 saturated carbocycles. The quantitative estimate of drug-likeness (QED) is 0.509. The third-order valence-corrected chi connectivity index (χ3v) is 3.17. The molecule has 0 aromatic carbocycles. The van der Waals surface area contributed by atoms with Crippen molar-refractivity contribution in [2.24, 2.45) is 11.8 Å². The number of carbonyl (C=O) groups is 1. The molecule has 0 atom stereocenters. The SMILES string of the molecule is CC(C)CCCCCCC(=O)O.CC(CCO)CCO. The summed E-state index contributed by atoms with van der Waals surface area (Å²) in [5.74, 6) is 0.577. The van der Waals surface area contributed by atoms with Gasteiger partial charge in [-0.3, -0.25) is 4.79 Å². The summed E-state index contributed by atoms with van der Waals surface area (Å²) in [5, 5.41) is 25.1. The molecule has 0 unspecified atom stereocenters. The zero-order valence-electron chi connectivity index (χ0n) is 13.5. The van der Waals surface area contributed by atoms with E-state index >= 15 is 0 Å². The minimum Gasteiger partial charge on any atom is -0.481 e. The normalized spacial score (nSPS) is 10.6. The number of rotatable bonds is 11. The van der Waals surface area contributed by atoms with Crippen LogP contribution >= 0.6 is 0 Å². The van der Waals surface area contributed by atoms with Crippen molar-refractivity contribution in [1.82, 2.24) is 0 Å². The van der Waals surface area contributed by atoms with Crippen molar-refractivity contribution < 1.29 is 20.1 Å². The van der Waals surface area contributed by atoms with Gasteiger partial charge >= 0.3 is 5.97 Å². The van der Waals surface area contributed by atoms with Gasteiger partial charge < -0.3 is 15.3 Å². The summed E-state index contributed by atoms with van der Waals surface area (Å²) in [6.45, 7) is 6.93. The number of carboxylic acid groups (broad SMARTS) is 1. The summed E-state index contributed by atoms with van der Waals surface area (Å²) >= 11 is 0. The molecule has 4 nitrogen and oxygen atoms in total. The van der Waals surface area contributed by atoms with Gasteiger partial charge in [-0.25, -0.2) is 0 Å². The van der Waals surface area contributed by atoms with E-state index in [1.165, 1.54) is 19.3 Å². The third-order valence-electron chi connectivity index (χ3n) is 3.17. The standard InChI is InChI=1S/C10H20O2.C6H14O2/c1-9(2)7-5-3-4-6-8-10(11)12;1-6(2-4-7)3-5-8/h9H,3-8H2,1-2H3,(H,11,12);6-8H,2-5H2,1H3. The summed E-state index contributed by atoms with van der Waals surface area (Å²) in [5.41, 5.74) is 0. The lowest BCUT2D eigenvalue weighted by Gasteiger charge is -2.04. The van der Waals surface area contributed by atoms with Crippen molar-refractivity contribution in [3.05, 3.63) is 0 Å². The second-order valence-corrected chi connectivity index (χ2v) is 5.87. The van der Waals surface area contributed by atoms with Crippen LogP contribution in [0.5, 0.6) is 0 Å². The van der Waals surface area contributed by atoms with Gasteiger partial charge in [0.15, 0.2) is 0 Å². The minimum atomic E-state index is -0.668. The Balaban J connectivity index is 0. The zero-order valence-corrected chi connectivity index (χ0v) is 13.5. The van der Waals surface area contributed by atoms with E-state index in [0.29, 0.717) is 12.3 Å². The molecule has 3 N–H and O–H groups in total. The molecule has 0 bridgehead atoms. The number of aliphatic carboxylic acids is 1. The van der Waals surface area contributed by atoms with Crippen LogP contribution in [0.25, 0.3) is 0 Å². The maximum Gasteiger partial charge on any atom is 0.303 e. The zero-order chi connectivity index (χ0) is 15.8. The van der Waals surface area contributed by atoms with Crippen LogP contribution in [0.1, 0.15) is 72.1 Å². The monoisotopic (exact) mass is 290 g/mol. The summed E-state index contributed by atoms with van der Waals surface area (Å²) in [6.07, 6.45) is 7.56. The molecule has 0 aliphatic carbocycles. The fourth-order valence-corrected chi connectivity index (χ4v) is 1.77. The highest BCUT2D eigenvalue weighted by Gasteiger charge is 1.98. The van der Waals surface area contributed by atoms with Gasteiger partial charge in [-0.15, -0.1) is 0 Å². The van der Waals surface area contributed by atoms with E-state index in [2.05, 4.69) is 13.8 Å². The van der Waals surface area contributed by atoms with Crippen LogP contribution in [-0.4, -0.2) is 34.5 Å². The van der Waals surface area contributed by atoms with Crippen LogP contribution < -0.4 is 0 Å². The van der Waals surface area contributed by atoms with Crippen LogP contribution in [0.2, 0.25) is 0 Å². The Bertz CT molecular complexity index is 199. The molecular weight excluding hydrogens is 256 g/mol. The molecule has 122 valence electrons. The Morgan fingerprint density at radius 1 is 0.850 bits per heavy atom. The smallest absolute Gasteiger partial charge is 0.303 e. The average molecular weight is 290 g/mol. The number of carboxylic acids is 1. The molecule has 20 heavy (non-hydrogen) atoms. The molecule has 0 radical (unpaired) electrons. The van der Waals surface area contributed by atoms with Gasteiger partial charge in [0.25, 0.3) is 0 Å². The van der Waals surface area contributed by atoms with Crippen LogP contribution in [-0.2, 0) is 4.79 Å². The average Bonchev–Trinajstić information content (AvgIpc) is 2.34. The number of aliphatic hydroxyl groups is 2. The van der Waals surface area contributed by atoms with E-state index in [9.17, 15) is 4.79 Å². The van der Waals surface area contributed by atoms with Crippen molar-refractivity contribution in [2.75, 3.05) is 13.2 Å². The Labute approximate surface area is 124 Å². The summed E-state index contributed by atoms with van der Waals surface area (Å²) in [6, 6.07) is 0. The van der Waals surface area contributed by atoms with Gasteiger partial charge in [0.05, 0.1) is 0 Å². The van der Waals surface area contributed by atoms with E-state index in [-0.39, 0.29) is 13.2 Å². The van der Waals surface area contributed by atoms with Crippen LogP contribution in [0.3, 0.4) is 0 Å². The van der Waals surface area contributed by atoms with Crippen molar-refractivity contribution >= 4 is 5.97 Å². The molecule has 0 saturated heterocycles. The maximum atomic E-state index is 10.1. The van der Waals surface area contributed by atoms with E-state index in [1.807, 2.05) is 6.92 Å². The maximum absolute atomic E-state index is 10.1. The highest BCUT2D eigenvalue weighted by atomic mass is 16.4. The first-order valence-corrected chi connectivity index (χ1v) is 7.87. The second kappa shape index (κ2) is 16.4. The largest absolute Gasteiger partial charge is 0.481 e. The molecular formula is C16H34O4. The molecule has 0 aliphatic rings. The summed E-state index contributed by atoms with van der Waals surface area (Å²) in [4.78, 5) is 10.1. The highest BCUT2D eigenvalue weighted by molar-refractivity contribution is 5.66. The van der Waals surface area contributed by atoms with Crippen LogP contribution in [0, 0.1) is 11.8 Å².